The summed E-state index contributed by atoms with van der Waals surface area (Å²) in [4.78, 5) is 20.8. The Morgan fingerprint density at radius 1 is 1.16 bits per heavy atom. The van der Waals surface area contributed by atoms with Crippen LogP contribution in [0.4, 0.5) is 5.82 Å². The third-order valence-electron chi connectivity index (χ3n) is 3.36. The number of anilines is 1. The van der Waals surface area contributed by atoms with Gasteiger partial charge in [-0.2, -0.15) is 4.98 Å². The fourth-order valence-electron chi connectivity index (χ4n) is 2.12. The van der Waals surface area contributed by atoms with Crippen LogP contribution in [-0.4, -0.2) is 15.9 Å². The van der Waals surface area contributed by atoms with E-state index < -0.39 is 0 Å². The highest BCUT2D eigenvalue weighted by Crippen LogP contribution is 2.20. The van der Waals surface area contributed by atoms with Crippen LogP contribution in [0.15, 0.2) is 60.8 Å². The summed E-state index contributed by atoms with van der Waals surface area (Å²) in [5.41, 5.74) is 2.01. The molecule has 3 aromatic rings. The minimum Gasteiger partial charge on any atom is -0.437 e. The second-order valence-electron chi connectivity index (χ2n) is 5.28. The lowest BCUT2D eigenvalue weighted by molar-refractivity contribution is 0.102. The number of amides is 1. The molecule has 0 spiro atoms. The van der Waals surface area contributed by atoms with Crippen LogP contribution in [0, 0.1) is 19.3 Å². The molecule has 2 aromatic heterocycles. The van der Waals surface area contributed by atoms with Crippen molar-refractivity contribution in [2.45, 2.75) is 6.92 Å². The van der Waals surface area contributed by atoms with E-state index >= 15 is 0 Å². The molecule has 2 heterocycles. The Bertz CT molecular complexity index is 944. The average molecular weight is 329 g/mol. The molecule has 25 heavy (non-hydrogen) atoms. The number of ether oxygens (including phenoxy) is 1. The van der Waals surface area contributed by atoms with Gasteiger partial charge in [0.2, 0.25) is 5.88 Å². The molecule has 0 atom stereocenters. The number of pyridine rings is 2. The van der Waals surface area contributed by atoms with Crippen LogP contribution in [0.3, 0.4) is 0 Å². The van der Waals surface area contributed by atoms with E-state index in [4.69, 9.17) is 11.2 Å². The maximum atomic E-state index is 12.3. The fourth-order valence-corrected chi connectivity index (χ4v) is 2.12. The first kappa shape index (κ1) is 16.2. The maximum absolute atomic E-state index is 12.3. The van der Waals surface area contributed by atoms with E-state index in [0.29, 0.717) is 28.6 Å². The fraction of sp³-hybridized carbons (Fsp3) is 0.0500. The SMILES string of the molecule is C#Cc1cccc(C(=O)Nc2cccc(Oc3ccc(C)nc3)n2)c1. The number of hydrogen-bond acceptors (Lipinski definition) is 4. The van der Waals surface area contributed by atoms with Crippen molar-refractivity contribution in [3.63, 3.8) is 0 Å². The topological polar surface area (TPSA) is 64.1 Å². The number of terminal acetylenes is 1. The zero-order valence-electron chi connectivity index (χ0n) is 13.6. The highest BCUT2D eigenvalue weighted by molar-refractivity contribution is 6.04. The smallest absolute Gasteiger partial charge is 0.256 e. The minimum absolute atomic E-state index is 0.293. The Kier molecular flexibility index (Phi) is 4.72. The summed E-state index contributed by atoms with van der Waals surface area (Å²) in [7, 11) is 0. The van der Waals surface area contributed by atoms with E-state index in [1.807, 2.05) is 13.0 Å². The summed E-state index contributed by atoms with van der Waals surface area (Å²) in [6.07, 6.45) is 6.98. The number of nitrogens with zero attached hydrogens (tertiary/aromatic N) is 2. The number of hydrogen-bond donors (Lipinski definition) is 1. The van der Waals surface area contributed by atoms with Gasteiger partial charge in [0.05, 0.1) is 6.20 Å². The second-order valence-corrected chi connectivity index (χ2v) is 5.28. The molecule has 0 saturated carbocycles. The Morgan fingerprint density at radius 2 is 2.00 bits per heavy atom. The van der Waals surface area contributed by atoms with Gasteiger partial charge in [-0.05, 0) is 43.3 Å². The molecule has 1 aromatic carbocycles. The number of aromatic nitrogens is 2. The van der Waals surface area contributed by atoms with Crippen LogP contribution in [0.5, 0.6) is 11.6 Å². The number of carbonyl (C=O) groups is 1. The quantitative estimate of drug-likeness (QED) is 0.739. The van der Waals surface area contributed by atoms with Gasteiger partial charge < -0.3 is 10.1 Å². The molecule has 122 valence electrons. The van der Waals surface area contributed by atoms with Gasteiger partial charge in [-0.15, -0.1) is 6.42 Å². The molecule has 0 radical (unpaired) electrons. The zero-order valence-corrected chi connectivity index (χ0v) is 13.6. The minimum atomic E-state index is -0.293. The summed E-state index contributed by atoms with van der Waals surface area (Å²) < 4.78 is 5.65. The van der Waals surface area contributed by atoms with Crippen LogP contribution >= 0.6 is 0 Å². The van der Waals surface area contributed by atoms with Crippen molar-refractivity contribution < 1.29 is 9.53 Å². The third-order valence-corrected chi connectivity index (χ3v) is 3.36. The molecule has 0 saturated heterocycles. The first-order valence-corrected chi connectivity index (χ1v) is 7.59. The highest BCUT2D eigenvalue weighted by Gasteiger charge is 2.08. The Hall–Kier alpha value is -3.65. The van der Waals surface area contributed by atoms with Crippen molar-refractivity contribution in [1.82, 2.24) is 9.97 Å². The number of rotatable bonds is 4. The summed E-state index contributed by atoms with van der Waals surface area (Å²) in [6.45, 7) is 1.90. The van der Waals surface area contributed by atoms with Crippen molar-refractivity contribution in [2.75, 3.05) is 5.32 Å². The summed E-state index contributed by atoms with van der Waals surface area (Å²) >= 11 is 0. The normalized spacial score (nSPS) is 9.92. The van der Waals surface area contributed by atoms with E-state index in [9.17, 15) is 4.79 Å². The lowest BCUT2D eigenvalue weighted by Crippen LogP contribution is -2.13. The molecule has 5 nitrogen and oxygen atoms in total. The van der Waals surface area contributed by atoms with E-state index in [-0.39, 0.29) is 5.91 Å². The van der Waals surface area contributed by atoms with Crippen molar-refractivity contribution in [2.24, 2.45) is 0 Å². The Labute approximate surface area is 145 Å². The monoisotopic (exact) mass is 329 g/mol. The predicted octanol–water partition coefficient (Wildman–Crippen LogP) is 3.81. The molecule has 1 amide bonds. The first-order chi connectivity index (χ1) is 12.1. The van der Waals surface area contributed by atoms with Gasteiger partial charge in [-0.25, -0.2) is 0 Å². The zero-order chi connectivity index (χ0) is 17.6. The lowest BCUT2D eigenvalue weighted by Gasteiger charge is -2.08. The van der Waals surface area contributed by atoms with Crippen molar-refractivity contribution in [3.8, 4) is 24.0 Å². The van der Waals surface area contributed by atoms with E-state index in [1.54, 1.807) is 54.7 Å². The maximum Gasteiger partial charge on any atom is 0.256 e. The number of aryl methyl sites for hydroxylation is 1. The lowest BCUT2D eigenvalue weighted by atomic mass is 10.1. The van der Waals surface area contributed by atoms with Gasteiger partial charge in [-0.3, -0.25) is 9.78 Å². The highest BCUT2D eigenvalue weighted by atomic mass is 16.5. The van der Waals surface area contributed by atoms with E-state index in [1.165, 1.54) is 0 Å². The molecule has 5 heteroatoms. The van der Waals surface area contributed by atoms with Crippen LogP contribution in [-0.2, 0) is 0 Å². The number of nitrogens with one attached hydrogen (secondary N) is 1. The number of carbonyl (C=O) groups excluding carboxylic acids is 1. The van der Waals surface area contributed by atoms with Gasteiger partial charge >= 0.3 is 0 Å². The predicted molar refractivity (Wildman–Crippen MR) is 95.6 cm³/mol. The van der Waals surface area contributed by atoms with Gasteiger partial charge in [0, 0.05) is 22.9 Å². The first-order valence-electron chi connectivity index (χ1n) is 7.59. The number of benzene rings is 1. The van der Waals surface area contributed by atoms with Gasteiger partial charge in [0.1, 0.15) is 11.6 Å². The molecule has 0 fully saturated rings. The largest absolute Gasteiger partial charge is 0.437 e. The molecule has 0 bridgehead atoms. The van der Waals surface area contributed by atoms with Crippen LogP contribution < -0.4 is 10.1 Å². The Balaban J connectivity index is 1.74. The molecule has 0 aliphatic carbocycles. The van der Waals surface area contributed by atoms with Gasteiger partial charge in [0.15, 0.2) is 0 Å². The average Bonchev–Trinajstić information content (AvgIpc) is 2.64. The van der Waals surface area contributed by atoms with Crippen LogP contribution in [0.1, 0.15) is 21.6 Å². The van der Waals surface area contributed by atoms with Crippen molar-refractivity contribution >= 4 is 11.7 Å². The van der Waals surface area contributed by atoms with Crippen LogP contribution in [0.2, 0.25) is 0 Å². The summed E-state index contributed by atoms with van der Waals surface area (Å²) in [5, 5.41) is 2.73. The van der Waals surface area contributed by atoms with Crippen molar-refractivity contribution in [3.05, 3.63) is 77.6 Å². The Morgan fingerprint density at radius 3 is 2.76 bits per heavy atom. The van der Waals surface area contributed by atoms with Gasteiger partial charge in [0.25, 0.3) is 5.91 Å². The van der Waals surface area contributed by atoms with Gasteiger partial charge in [-0.1, -0.05) is 18.1 Å². The van der Waals surface area contributed by atoms with Crippen LogP contribution in [0.25, 0.3) is 0 Å². The summed E-state index contributed by atoms with van der Waals surface area (Å²) in [6, 6.07) is 15.6. The second kappa shape index (κ2) is 7.28. The molecule has 1 N–H and O–H groups in total. The standard InChI is InChI=1S/C20H15N3O2/c1-3-15-6-4-7-16(12-15)20(24)23-18-8-5-9-19(22-18)25-17-11-10-14(2)21-13-17/h1,4-13H,2H3,(H,22,23,24). The molecule has 0 aliphatic heterocycles. The molecule has 3 rings (SSSR count). The van der Waals surface area contributed by atoms with E-state index in [2.05, 4.69) is 21.2 Å². The molecule has 0 unspecified atom stereocenters. The molecular weight excluding hydrogens is 314 g/mol. The van der Waals surface area contributed by atoms with Crippen molar-refractivity contribution in [1.29, 1.82) is 0 Å². The molecular formula is C20H15N3O2. The summed E-state index contributed by atoms with van der Waals surface area (Å²) in [5.74, 6) is 3.53. The molecule has 0 aliphatic rings. The van der Waals surface area contributed by atoms with E-state index in [0.717, 1.165) is 5.69 Å². The third kappa shape index (κ3) is 4.21.